The predicted octanol–water partition coefficient (Wildman–Crippen LogP) is 3.80. The molecule has 10 heteroatoms. The Hall–Kier alpha value is -2.49. The number of pyridine rings is 1. The van der Waals surface area contributed by atoms with Crippen LogP contribution < -0.4 is 4.72 Å². The van der Waals surface area contributed by atoms with Crippen LogP contribution in [0.15, 0.2) is 53.7 Å². The van der Waals surface area contributed by atoms with Gasteiger partial charge in [-0.1, -0.05) is 37.9 Å². The normalized spacial score (nSPS) is 12.4. The number of hydrogen-bond donors (Lipinski definition) is 1. The SMILES string of the molecule is COC(=O)CCCCCN(Cc1cccnc1)C(=O)[C@@H](NS(=O)(=O)c1ccc(Cl)cc1)C(C)C. The molecule has 0 saturated heterocycles. The van der Waals surface area contributed by atoms with E-state index in [1.54, 1.807) is 37.2 Å². The number of hydrogen-bond acceptors (Lipinski definition) is 6. The Morgan fingerprint density at radius 2 is 1.82 bits per heavy atom. The van der Waals surface area contributed by atoms with E-state index in [-0.39, 0.29) is 22.7 Å². The lowest BCUT2D eigenvalue weighted by Crippen LogP contribution is -2.51. The molecular formula is C24H32ClN3O5S. The van der Waals surface area contributed by atoms with Crippen molar-refractivity contribution in [3.05, 3.63) is 59.4 Å². The van der Waals surface area contributed by atoms with E-state index in [4.69, 9.17) is 11.6 Å². The number of nitrogens with zero attached hydrogens (tertiary/aromatic N) is 2. The number of nitrogens with one attached hydrogen (secondary N) is 1. The quantitative estimate of drug-likeness (QED) is 0.325. The minimum Gasteiger partial charge on any atom is -0.469 e. The third kappa shape index (κ3) is 8.70. The molecule has 1 aromatic carbocycles. The highest BCUT2D eigenvalue weighted by Crippen LogP contribution is 2.18. The minimum atomic E-state index is -3.93. The first kappa shape index (κ1) is 27.8. The number of sulfonamides is 1. The first-order valence-electron chi connectivity index (χ1n) is 11.2. The number of carbonyl (C=O) groups excluding carboxylic acids is 2. The van der Waals surface area contributed by atoms with Crippen LogP contribution in [-0.2, 0) is 30.9 Å². The van der Waals surface area contributed by atoms with E-state index in [1.165, 1.54) is 31.4 Å². The zero-order valence-electron chi connectivity index (χ0n) is 19.7. The first-order chi connectivity index (χ1) is 16.1. The summed E-state index contributed by atoms with van der Waals surface area (Å²) in [6, 6.07) is 8.50. The van der Waals surface area contributed by atoms with E-state index in [1.807, 2.05) is 6.07 Å². The first-order valence-corrected chi connectivity index (χ1v) is 13.0. The van der Waals surface area contributed by atoms with Crippen molar-refractivity contribution < 1.29 is 22.7 Å². The van der Waals surface area contributed by atoms with Crippen LogP contribution in [0, 0.1) is 5.92 Å². The molecule has 0 saturated carbocycles. The number of rotatable bonds is 13. The lowest BCUT2D eigenvalue weighted by molar-refractivity contribution is -0.141. The van der Waals surface area contributed by atoms with Crippen LogP contribution in [-0.4, -0.2) is 49.9 Å². The number of aromatic nitrogens is 1. The van der Waals surface area contributed by atoms with Crippen LogP contribution in [0.2, 0.25) is 5.02 Å². The second kappa shape index (κ2) is 13.4. The number of carbonyl (C=O) groups is 2. The molecule has 0 aliphatic heterocycles. The van der Waals surface area contributed by atoms with Crippen molar-refractivity contribution in [1.29, 1.82) is 0 Å². The molecule has 0 aliphatic rings. The lowest BCUT2D eigenvalue weighted by Gasteiger charge is -2.30. The summed E-state index contributed by atoms with van der Waals surface area (Å²) < 4.78 is 33.2. The molecule has 34 heavy (non-hydrogen) atoms. The maximum atomic E-state index is 13.6. The molecule has 1 N–H and O–H groups in total. The van der Waals surface area contributed by atoms with Gasteiger partial charge in [0.15, 0.2) is 0 Å². The van der Waals surface area contributed by atoms with Crippen LogP contribution in [0.4, 0.5) is 0 Å². The third-order valence-electron chi connectivity index (χ3n) is 5.28. The molecule has 0 fully saturated rings. The molecule has 1 heterocycles. The van der Waals surface area contributed by atoms with E-state index in [0.29, 0.717) is 37.4 Å². The summed E-state index contributed by atoms with van der Waals surface area (Å²) in [7, 11) is -2.58. The minimum absolute atomic E-state index is 0.0389. The molecule has 1 aromatic heterocycles. The summed E-state index contributed by atoms with van der Waals surface area (Å²) in [5.74, 6) is -0.866. The van der Waals surface area contributed by atoms with Gasteiger partial charge >= 0.3 is 5.97 Å². The monoisotopic (exact) mass is 509 g/mol. The van der Waals surface area contributed by atoms with E-state index in [2.05, 4.69) is 14.4 Å². The van der Waals surface area contributed by atoms with Crippen LogP contribution in [0.1, 0.15) is 45.1 Å². The van der Waals surface area contributed by atoms with Crippen LogP contribution in [0.25, 0.3) is 0 Å². The highest BCUT2D eigenvalue weighted by molar-refractivity contribution is 7.89. The largest absolute Gasteiger partial charge is 0.469 e. The van der Waals surface area contributed by atoms with Crippen molar-refractivity contribution in [2.45, 2.75) is 57.0 Å². The maximum absolute atomic E-state index is 13.6. The zero-order valence-corrected chi connectivity index (χ0v) is 21.3. The van der Waals surface area contributed by atoms with Gasteiger partial charge in [-0.2, -0.15) is 4.72 Å². The average Bonchev–Trinajstić information content (AvgIpc) is 2.81. The summed E-state index contributed by atoms with van der Waals surface area (Å²) >= 11 is 5.88. The van der Waals surface area contributed by atoms with E-state index in [9.17, 15) is 18.0 Å². The highest BCUT2D eigenvalue weighted by Gasteiger charge is 2.31. The fraction of sp³-hybridized carbons (Fsp3) is 0.458. The van der Waals surface area contributed by atoms with Gasteiger partial charge in [-0.25, -0.2) is 8.42 Å². The molecule has 2 rings (SSSR count). The summed E-state index contributed by atoms with van der Waals surface area (Å²) in [4.78, 5) is 30.7. The lowest BCUT2D eigenvalue weighted by atomic mass is 10.0. The average molecular weight is 510 g/mol. The van der Waals surface area contributed by atoms with Gasteiger partial charge in [0.05, 0.1) is 12.0 Å². The molecule has 2 aromatic rings. The summed E-state index contributed by atoms with van der Waals surface area (Å²) in [6.45, 7) is 4.31. The van der Waals surface area contributed by atoms with E-state index < -0.39 is 16.1 Å². The Kier molecular flexibility index (Phi) is 10.9. The number of benzene rings is 1. The van der Waals surface area contributed by atoms with Crippen LogP contribution in [0.3, 0.4) is 0 Å². The van der Waals surface area contributed by atoms with Gasteiger partial charge < -0.3 is 9.64 Å². The molecule has 8 nitrogen and oxygen atoms in total. The predicted molar refractivity (Wildman–Crippen MR) is 131 cm³/mol. The Labute approximate surface area is 206 Å². The van der Waals surface area contributed by atoms with E-state index >= 15 is 0 Å². The fourth-order valence-electron chi connectivity index (χ4n) is 3.35. The second-order valence-electron chi connectivity index (χ2n) is 8.30. The van der Waals surface area contributed by atoms with Crippen molar-refractivity contribution in [2.24, 2.45) is 5.92 Å². The number of ether oxygens (including phenoxy) is 1. The van der Waals surface area contributed by atoms with Gasteiger partial charge in [-0.3, -0.25) is 14.6 Å². The van der Waals surface area contributed by atoms with Crippen molar-refractivity contribution in [3.8, 4) is 0 Å². The number of methoxy groups -OCH3 is 1. The van der Waals surface area contributed by atoms with Gasteiger partial charge in [0, 0.05) is 36.9 Å². The van der Waals surface area contributed by atoms with E-state index in [0.717, 1.165) is 12.0 Å². The number of unbranched alkanes of at least 4 members (excludes halogenated alkanes) is 2. The number of amides is 1. The summed E-state index contributed by atoms with van der Waals surface area (Å²) in [5.41, 5.74) is 0.841. The second-order valence-corrected chi connectivity index (χ2v) is 10.5. The van der Waals surface area contributed by atoms with Gasteiger partial charge in [-0.05, 0) is 54.7 Å². The molecule has 0 spiro atoms. The van der Waals surface area contributed by atoms with Crippen molar-refractivity contribution in [2.75, 3.05) is 13.7 Å². The standard InChI is InChI=1S/C24H32ClN3O5S/c1-18(2)23(27-34(31,32)21-12-10-20(25)11-13-21)24(30)28(17-19-8-7-14-26-16-19)15-6-4-5-9-22(29)33-3/h7-8,10-14,16,18,23,27H,4-6,9,15,17H2,1-3H3/t23-/m0/s1. The molecule has 0 bridgehead atoms. The van der Waals surface area contributed by atoms with Crippen molar-refractivity contribution in [3.63, 3.8) is 0 Å². The molecule has 1 amide bonds. The van der Waals surface area contributed by atoms with Crippen LogP contribution >= 0.6 is 11.6 Å². The third-order valence-corrected chi connectivity index (χ3v) is 6.99. The maximum Gasteiger partial charge on any atom is 0.305 e. The van der Waals surface area contributed by atoms with Gasteiger partial charge in [0.1, 0.15) is 6.04 Å². The molecule has 0 radical (unpaired) electrons. The highest BCUT2D eigenvalue weighted by atomic mass is 35.5. The number of halogens is 1. The smallest absolute Gasteiger partial charge is 0.305 e. The van der Waals surface area contributed by atoms with Gasteiger partial charge in [-0.15, -0.1) is 0 Å². The Morgan fingerprint density at radius 1 is 1.12 bits per heavy atom. The molecular weight excluding hydrogens is 478 g/mol. The molecule has 186 valence electrons. The van der Waals surface area contributed by atoms with Gasteiger partial charge in [0.25, 0.3) is 0 Å². The molecule has 0 unspecified atom stereocenters. The fourth-order valence-corrected chi connectivity index (χ4v) is 4.81. The summed E-state index contributed by atoms with van der Waals surface area (Å²) in [5, 5.41) is 0.422. The van der Waals surface area contributed by atoms with Crippen molar-refractivity contribution in [1.82, 2.24) is 14.6 Å². The van der Waals surface area contributed by atoms with Crippen LogP contribution in [0.5, 0.6) is 0 Å². The Bertz CT molecular complexity index is 1030. The molecule has 0 aliphatic carbocycles. The van der Waals surface area contributed by atoms with Gasteiger partial charge in [0.2, 0.25) is 15.9 Å². The Morgan fingerprint density at radius 3 is 2.41 bits per heavy atom. The zero-order chi connectivity index (χ0) is 25.1. The van der Waals surface area contributed by atoms with Crippen molar-refractivity contribution >= 4 is 33.5 Å². The summed E-state index contributed by atoms with van der Waals surface area (Å²) in [6.07, 6.45) is 5.70. The molecule has 1 atom stereocenters. The number of esters is 1. The topological polar surface area (TPSA) is 106 Å². The Balaban J connectivity index is 2.17.